The summed E-state index contributed by atoms with van der Waals surface area (Å²) in [5.41, 5.74) is 6.08. The fourth-order valence-electron chi connectivity index (χ4n) is 1.25. The molecule has 1 unspecified atom stereocenters. The highest BCUT2D eigenvalue weighted by atomic mass is 35.5. The molecule has 0 amide bonds. The van der Waals surface area contributed by atoms with Crippen molar-refractivity contribution in [2.75, 3.05) is 0 Å². The number of carbonyl (C=O) groups excluding carboxylic acids is 1. The standard InChI is InChI=1S/C10H15ClN2O/c1-6(2)13-5-8(4-9(13)11)10(14)7(3)12/h4-7H,12H2,1-3H3. The van der Waals surface area contributed by atoms with Crippen molar-refractivity contribution in [2.45, 2.75) is 32.9 Å². The van der Waals surface area contributed by atoms with E-state index in [1.807, 2.05) is 18.4 Å². The van der Waals surface area contributed by atoms with Gasteiger partial charge in [-0.15, -0.1) is 0 Å². The van der Waals surface area contributed by atoms with Crippen molar-refractivity contribution < 1.29 is 4.79 Å². The van der Waals surface area contributed by atoms with Gasteiger partial charge in [-0.25, -0.2) is 0 Å². The van der Waals surface area contributed by atoms with Crippen molar-refractivity contribution in [1.29, 1.82) is 0 Å². The molecule has 1 atom stereocenters. The number of hydrogen-bond acceptors (Lipinski definition) is 2. The number of aromatic nitrogens is 1. The Morgan fingerprint density at radius 3 is 2.43 bits per heavy atom. The monoisotopic (exact) mass is 214 g/mol. The van der Waals surface area contributed by atoms with Gasteiger partial charge in [0.2, 0.25) is 0 Å². The number of halogens is 1. The van der Waals surface area contributed by atoms with Crippen molar-refractivity contribution in [3.8, 4) is 0 Å². The zero-order valence-corrected chi connectivity index (χ0v) is 9.38. The SMILES string of the molecule is CC(N)C(=O)c1cc(Cl)n(C(C)C)c1. The third kappa shape index (κ3) is 2.16. The molecule has 0 bridgehead atoms. The summed E-state index contributed by atoms with van der Waals surface area (Å²) in [5, 5.41) is 0.573. The molecule has 1 heterocycles. The highest BCUT2D eigenvalue weighted by Crippen LogP contribution is 2.20. The molecule has 78 valence electrons. The summed E-state index contributed by atoms with van der Waals surface area (Å²) in [4.78, 5) is 11.5. The van der Waals surface area contributed by atoms with E-state index in [-0.39, 0.29) is 11.8 Å². The number of rotatable bonds is 3. The molecule has 0 saturated heterocycles. The first kappa shape index (κ1) is 11.3. The van der Waals surface area contributed by atoms with Crippen LogP contribution in [-0.2, 0) is 0 Å². The van der Waals surface area contributed by atoms with Crippen LogP contribution in [0.1, 0.15) is 37.2 Å². The molecule has 0 saturated carbocycles. The first-order valence-corrected chi connectivity index (χ1v) is 4.98. The van der Waals surface area contributed by atoms with Crippen LogP contribution in [0.5, 0.6) is 0 Å². The molecule has 14 heavy (non-hydrogen) atoms. The predicted octanol–water partition coefficient (Wildman–Crippen LogP) is 2.25. The Bertz CT molecular complexity index is 342. The largest absolute Gasteiger partial charge is 0.336 e. The van der Waals surface area contributed by atoms with Gasteiger partial charge in [0.15, 0.2) is 5.78 Å². The third-order valence-electron chi connectivity index (χ3n) is 2.05. The average molecular weight is 215 g/mol. The van der Waals surface area contributed by atoms with E-state index in [0.717, 1.165) is 0 Å². The summed E-state index contributed by atoms with van der Waals surface area (Å²) in [6, 6.07) is 1.43. The Morgan fingerprint density at radius 2 is 2.07 bits per heavy atom. The summed E-state index contributed by atoms with van der Waals surface area (Å²) in [5.74, 6) is -0.0775. The predicted molar refractivity (Wildman–Crippen MR) is 57.8 cm³/mol. The lowest BCUT2D eigenvalue weighted by Gasteiger charge is -2.07. The molecule has 1 rings (SSSR count). The van der Waals surface area contributed by atoms with Crippen molar-refractivity contribution in [3.05, 3.63) is 23.0 Å². The Hall–Kier alpha value is -0.800. The van der Waals surface area contributed by atoms with Crippen LogP contribution < -0.4 is 5.73 Å². The topological polar surface area (TPSA) is 48.0 Å². The molecule has 1 aromatic heterocycles. The molecule has 1 aromatic rings. The van der Waals surface area contributed by atoms with Crippen LogP contribution in [0, 0.1) is 0 Å². The molecule has 0 aliphatic heterocycles. The molecule has 0 spiro atoms. The minimum atomic E-state index is -0.478. The Kier molecular flexibility index (Phi) is 3.34. The first-order chi connectivity index (χ1) is 6.43. The first-order valence-electron chi connectivity index (χ1n) is 4.60. The Morgan fingerprint density at radius 1 is 1.50 bits per heavy atom. The molecule has 0 aliphatic carbocycles. The van der Waals surface area contributed by atoms with Gasteiger partial charge in [0, 0.05) is 17.8 Å². The zero-order chi connectivity index (χ0) is 10.9. The lowest BCUT2D eigenvalue weighted by molar-refractivity contribution is 0.0968. The second-order valence-corrected chi connectivity index (χ2v) is 4.09. The van der Waals surface area contributed by atoms with Crippen molar-refractivity contribution in [2.24, 2.45) is 5.73 Å². The molecule has 0 aromatic carbocycles. The Labute approximate surface area is 88.8 Å². The molecule has 0 aliphatic rings. The summed E-state index contributed by atoms with van der Waals surface area (Å²) >= 11 is 5.96. The van der Waals surface area contributed by atoms with Gasteiger partial charge in [0.1, 0.15) is 5.15 Å². The summed E-state index contributed by atoms with van der Waals surface area (Å²) in [6.07, 6.45) is 1.75. The van der Waals surface area contributed by atoms with E-state index < -0.39 is 6.04 Å². The van der Waals surface area contributed by atoms with Crippen LogP contribution in [0.25, 0.3) is 0 Å². The molecule has 0 fully saturated rings. The normalized spacial score (nSPS) is 13.3. The van der Waals surface area contributed by atoms with Crippen LogP contribution in [0.15, 0.2) is 12.3 Å². The minimum absolute atomic E-state index is 0.0775. The van der Waals surface area contributed by atoms with Crippen molar-refractivity contribution >= 4 is 17.4 Å². The Balaban J connectivity index is 3.02. The van der Waals surface area contributed by atoms with Crippen molar-refractivity contribution in [3.63, 3.8) is 0 Å². The maximum atomic E-state index is 11.5. The van der Waals surface area contributed by atoms with Gasteiger partial charge >= 0.3 is 0 Å². The fraction of sp³-hybridized carbons (Fsp3) is 0.500. The minimum Gasteiger partial charge on any atom is -0.336 e. The smallest absolute Gasteiger partial charge is 0.180 e. The second kappa shape index (κ2) is 4.15. The number of hydrogen-bond donors (Lipinski definition) is 1. The number of ketones is 1. The number of nitrogens with two attached hydrogens (primary N) is 1. The summed E-state index contributed by atoms with van der Waals surface area (Å²) in [6.45, 7) is 5.68. The molecular formula is C10H15ClN2O. The van der Waals surface area contributed by atoms with Gasteiger partial charge in [-0.3, -0.25) is 4.79 Å². The number of nitrogens with zero attached hydrogens (tertiary/aromatic N) is 1. The molecular weight excluding hydrogens is 200 g/mol. The molecule has 3 nitrogen and oxygen atoms in total. The fourth-order valence-corrected chi connectivity index (χ4v) is 1.61. The van der Waals surface area contributed by atoms with Gasteiger partial charge in [-0.05, 0) is 26.8 Å². The van der Waals surface area contributed by atoms with Crippen LogP contribution in [0.3, 0.4) is 0 Å². The number of carbonyl (C=O) groups is 1. The van der Waals surface area contributed by atoms with Gasteiger partial charge in [-0.1, -0.05) is 11.6 Å². The average Bonchev–Trinajstić information content (AvgIpc) is 2.45. The van der Waals surface area contributed by atoms with Crippen LogP contribution >= 0.6 is 11.6 Å². The highest BCUT2D eigenvalue weighted by Gasteiger charge is 2.15. The lowest BCUT2D eigenvalue weighted by atomic mass is 10.1. The van der Waals surface area contributed by atoms with E-state index in [2.05, 4.69) is 0 Å². The quantitative estimate of drug-likeness (QED) is 0.785. The maximum absolute atomic E-state index is 11.5. The van der Waals surface area contributed by atoms with Gasteiger partial charge in [0.05, 0.1) is 6.04 Å². The van der Waals surface area contributed by atoms with Crippen LogP contribution in [0.4, 0.5) is 0 Å². The number of Topliss-reactive ketones (excluding diaryl/α,β-unsaturated/α-hetero) is 1. The zero-order valence-electron chi connectivity index (χ0n) is 8.62. The highest BCUT2D eigenvalue weighted by molar-refractivity contribution is 6.30. The molecule has 0 radical (unpaired) electrons. The van der Waals surface area contributed by atoms with Crippen LogP contribution in [0.2, 0.25) is 5.15 Å². The maximum Gasteiger partial charge on any atom is 0.180 e. The summed E-state index contributed by atoms with van der Waals surface area (Å²) < 4.78 is 1.84. The van der Waals surface area contributed by atoms with Crippen LogP contribution in [-0.4, -0.2) is 16.4 Å². The van der Waals surface area contributed by atoms with Gasteiger partial charge in [-0.2, -0.15) is 0 Å². The lowest BCUT2D eigenvalue weighted by Crippen LogP contribution is -2.26. The van der Waals surface area contributed by atoms with E-state index >= 15 is 0 Å². The third-order valence-corrected chi connectivity index (χ3v) is 2.36. The van der Waals surface area contributed by atoms with E-state index in [1.54, 1.807) is 19.2 Å². The van der Waals surface area contributed by atoms with Gasteiger partial charge < -0.3 is 10.3 Å². The van der Waals surface area contributed by atoms with E-state index in [0.29, 0.717) is 10.7 Å². The second-order valence-electron chi connectivity index (χ2n) is 3.71. The van der Waals surface area contributed by atoms with E-state index in [4.69, 9.17) is 17.3 Å². The molecule has 2 N–H and O–H groups in total. The summed E-state index contributed by atoms with van der Waals surface area (Å²) in [7, 11) is 0. The van der Waals surface area contributed by atoms with Crippen molar-refractivity contribution in [1.82, 2.24) is 4.57 Å². The molecule has 4 heteroatoms. The van der Waals surface area contributed by atoms with E-state index in [9.17, 15) is 4.79 Å². The van der Waals surface area contributed by atoms with Gasteiger partial charge in [0.25, 0.3) is 0 Å². The van der Waals surface area contributed by atoms with E-state index in [1.165, 1.54) is 0 Å².